The molecule has 1 heterocycles. The zero-order chi connectivity index (χ0) is 30.1. The molecule has 3 aromatic carbocycles. The molecule has 1 aliphatic rings. The fraction of sp³-hybridized carbons (Fsp3) is 0.290. The van der Waals surface area contributed by atoms with Crippen molar-refractivity contribution >= 4 is 11.7 Å². The Kier molecular flexibility index (Phi) is 9.84. The van der Waals surface area contributed by atoms with Gasteiger partial charge in [-0.25, -0.2) is 4.79 Å². The van der Waals surface area contributed by atoms with Gasteiger partial charge in [-0.15, -0.1) is 0 Å². The highest BCUT2D eigenvalue weighted by atomic mass is 16.6. The zero-order valence-electron chi connectivity index (χ0n) is 23.3. The van der Waals surface area contributed by atoms with Crippen LogP contribution in [0.25, 0.3) is 0 Å². The van der Waals surface area contributed by atoms with Gasteiger partial charge >= 0.3 is 11.7 Å². The van der Waals surface area contributed by atoms with Crippen LogP contribution in [-0.2, 0) is 4.79 Å². The summed E-state index contributed by atoms with van der Waals surface area (Å²) in [6.07, 6.45) is 4.32. The first kappa shape index (κ1) is 29.7. The summed E-state index contributed by atoms with van der Waals surface area (Å²) in [5.74, 6) is 0.0873. The van der Waals surface area contributed by atoms with Crippen LogP contribution < -0.4 is 29.4 Å². The van der Waals surface area contributed by atoms with Gasteiger partial charge in [0.15, 0.2) is 23.9 Å². The van der Waals surface area contributed by atoms with Crippen LogP contribution in [0.2, 0.25) is 0 Å². The molecule has 0 saturated carbocycles. The number of unbranched alkanes of at least 4 members (excludes halogenated alkanes) is 3. The lowest BCUT2D eigenvalue weighted by Crippen LogP contribution is -2.22. The summed E-state index contributed by atoms with van der Waals surface area (Å²) in [5, 5.41) is 21.1. The minimum absolute atomic E-state index is 0.0543. The highest BCUT2D eigenvalue weighted by Crippen LogP contribution is 2.45. The average Bonchev–Trinajstić information content (AvgIpc) is 2.99. The Morgan fingerprint density at radius 1 is 1.05 bits per heavy atom. The van der Waals surface area contributed by atoms with Gasteiger partial charge in [-0.05, 0) is 36.2 Å². The zero-order valence-corrected chi connectivity index (χ0v) is 23.3. The van der Waals surface area contributed by atoms with E-state index in [4.69, 9.17) is 29.4 Å². The van der Waals surface area contributed by atoms with Crippen molar-refractivity contribution in [2.75, 3.05) is 20.3 Å². The number of nitrogens with two attached hydrogens (primary N) is 1. The molecule has 1 unspecified atom stereocenters. The van der Waals surface area contributed by atoms with E-state index >= 15 is 0 Å². The standard InChI is InChI=1S/C31H31N3O8/c1-3-4-5-8-15-39-26-14-11-20(16-28(26)38-2)30-22-13-12-21(17-27(22)42-31(33)23(30)18-32)41-29(35)19-40-25-10-7-6-9-24(25)34(36)37/h6-7,9-14,16-17,30H,3-5,8,15,19,33H2,1-2H3. The molecule has 0 aromatic heterocycles. The molecule has 1 aliphatic heterocycles. The first-order valence-corrected chi connectivity index (χ1v) is 13.4. The number of hydrogen-bond donors (Lipinski definition) is 1. The molecule has 0 aliphatic carbocycles. The summed E-state index contributed by atoms with van der Waals surface area (Å²) in [6, 6.07) is 18.0. The first-order valence-electron chi connectivity index (χ1n) is 13.4. The molecular formula is C31H31N3O8. The molecule has 3 aromatic rings. The maximum Gasteiger partial charge on any atom is 0.349 e. The molecule has 42 heavy (non-hydrogen) atoms. The van der Waals surface area contributed by atoms with Crippen LogP contribution in [0.3, 0.4) is 0 Å². The van der Waals surface area contributed by atoms with E-state index < -0.39 is 23.4 Å². The maximum absolute atomic E-state index is 12.5. The topological polar surface area (TPSA) is 156 Å². The lowest BCUT2D eigenvalue weighted by Gasteiger charge is -2.27. The highest BCUT2D eigenvalue weighted by molar-refractivity contribution is 5.74. The van der Waals surface area contributed by atoms with Gasteiger partial charge in [0.25, 0.3) is 0 Å². The third-order valence-electron chi connectivity index (χ3n) is 6.61. The molecule has 0 saturated heterocycles. The smallest absolute Gasteiger partial charge is 0.349 e. The predicted molar refractivity (Wildman–Crippen MR) is 153 cm³/mol. The Bertz CT molecular complexity index is 1530. The van der Waals surface area contributed by atoms with E-state index in [2.05, 4.69) is 13.0 Å². The fourth-order valence-corrected chi connectivity index (χ4v) is 4.56. The van der Waals surface area contributed by atoms with Crippen molar-refractivity contribution in [1.29, 1.82) is 5.26 Å². The quantitative estimate of drug-likeness (QED) is 0.0876. The van der Waals surface area contributed by atoms with Crippen molar-refractivity contribution in [2.24, 2.45) is 5.73 Å². The van der Waals surface area contributed by atoms with Gasteiger partial charge < -0.3 is 29.4 Å². The number of rotatable bonds is 13. The van der Waals surface area contributed by atoms with Gasteiger partial charge in [0.05, 0.1) is 24.6 Å². The van der Waals surface area contributed by atoms with E-state index in [1.165, 1.54) is 24.3 Å². The van der Waals surface area contributed by atoms with Crippen molar-refractivity contribution < 1.29 is 33.4 Å². The van der Waals surface area contributed by atoms with E-state index in [1.807, 2.05) is 12.1 Å². The third kappa shape index (κ3) is 6.90. The van der Waals surface area contributed by atoms with E-state index in [-0.39, 0.29) is 28.6 Å². The Hall–Kier alpha value is -5.24. The second-order valence-electron chi connectivity index (χ2n) is 9.43. The number of hydrogen-bond acceptors (Lipinski definition) is 10. The first-order chi connectivity index (χ1) is 20.4. The SMILES string of the molecule is CCCCCCOc1ccc(C2C(C#N)=C(N)Oc3cc(OC(=O)COc4ccccc4[N+](=O)[O-])ccc32)cc1OC. The summed E-state index contributed by atoms with van der Waals surface area (Å²) in [5.41, 5.74) is 7.46. The molecule has 11 nitrogen and oxygen atoms in total. The van der Waals surface area contributed by atoms with Crippen molar-refractivity contribution in [3.05, 3.63) is 93.4 Å². The number of methoxy groups -OCH3 is 1. The summed E-state index contributed by atoms with van der Waals surface area (Å²) in [7, 11) is 1.55. The lowest BCUT2D eigenvalue weighted by molar-refractivity contribution is -0.385. The summed E-state index contributed by atoms with van der Waals surface area (Å²) in [6.45, 7) is 2.17. The molecule has 0 fully saturated rings. The minimum Gasteiger partial charge on any atom is -0.493 e. The number of para-hydroxylation sites is 2. The van der Waals surface area contributed by atoms with E-state index in [0.29, 0.717) is 29.4 Å². The van der Waals surface area contributed by atoms with E-state index in [0.717, 1.165) is 31.2 Å². The molecule has 1 atom stereocenters. The molecule has 0 amide bonds. The lowest BCUT2D eigenvalue weighted by atomic mass is 9.83. The summed E-state index contributed by atoms with van der Waals surface area (Å²) in [4.78, 5) is 23.0. The van der Waals surface area contributed by atoms with Gasteiger partial charge in [0, 0.05) is 17.7 Å². The van der Waals surface area contributed by atoms with E-state index in [1.54, 1.807) is 31.4 Å². The Labute approximate surface area is 243 Å². The summed E-state index contributed by atoms with van der Waals surface area (Å²) < 4.78 is 27.9. The van der Waals surface area contributed by atoms with Crippen LogP contribution in [0.4, 0.5) is 5.69 Å². The molecular weight excluding hydrogens is 542 g/mol. The molecule has 11 heteroatoms. The number of carbonyl (C=O) groups is 1. The number of ether oxygens (including phenoxy) is 5. The van der Waals surface area contributed by atoms with Crippen molar-refractivity contribution in [3.8, 4) is 34.8 Å². The van der Waals surface area contributed by atoms with Crippen molar-refractivity contribution in [3.63, 3.8) is 0 Å². The fourth-order valence-electron chi connectivity index (χ4n) is 4.56. The number of nitriles is 1. The normalized spacial score (nSPS) is 13.8. The number of esters is 1. The molecule has 0 bridgehead atoms. The van der Waals surface area contributed by atoms with Crippen LogP contribution in [-0.4, -0.2) is 31.2 Å². The molecule has 2 N–H and O–H groups in total. The minimum atomic E-state index is -0.781. The van der Waals surface area contributed by atoms with Crippen LogP contribution in [0.5, 0.6) is 28.7 Å². The van der Waals surface area contributed by atoms with Crippen molar-refractivity contribution in [2.45, 2.75) is 38.5 Å². The number of nitro groups is 1. The van der Waals surface area contributed by atoms with Gasteiger partial charge in [0.1, 0.15) is 23.1 Å². The molecule has 0 spiro atoms. The monoisotopic (exact) mass is 573 g/mol. The Morgan fingerprint density at radius 3 is 2.60 bits per heavy atom. The Morgan fingerprint density at radius 2 is 1.86 bits per heavy atom. The maximum atomic E-state index is 12.5. The predicted octanol–water partition coefficient (Wildman–Crippen LogP) is 5.77. The van der Waals surface area contributed by atoms with Gasteiger partial charge in [-0.3, -0.25) is 10.1 Å². The van der Waals surface area contributed by atoms with Crippen LogP contribution >= 0.6 is 0 Å². The van der Waals surface area contributed by atoms with E-state index in [9.17, 15) is 20.2 Å². The second-order valence-corrected chi connectivity index (χ2v) is 9.43. The van der Waals surface area contributed by atoms with Crippen molar-refractivity contribution in [1.82, 2.24) is 0 Å². The molecule has 218 valence electrons. The number of nitro benzene ring substituents is 1. The summed E-state index contributed by atoms with van der Waals surface area (Å²) >= 11 is 0. The molecule has 4 rings (SSSR count). The molecule has 0 radical (unpaired) electrons. The van der Waals surface area contributed by atoms with Gasteiger partial charge in [0.2, 0.25) is 5.88 Å². The van der Waals surface area contributed by atoms with Gasteiger partial charge in [-0.1, -0.05) is 50.5 Å². The van der Waals surface area contributed by atoms with Crippen LogP contribution in [0.1, 0.15) is 49.7 Å². The average molecular weight is 574 g/mol. The van der Waals surface area contributed by atoms with Crippen LogP contribution in [0, 0.1) is 21.4 Å². The number of allylic oxidation sites excluding steroid dienone is 1. The largest absolute Gasteiger partial charge is 0.493 e. The number of nitrogens with zero attached hydrogens (tertiary/aromatic N) is 2. The highest BCUT2D eigenvalue weighted by Gasteiger charge is 2.32. The number of benzene rings is 3. The Balaban J connectivity index is 1.52. The second kappa shape index (κ2) is 13.9. The van der Waals surface area contributed by atoms with Gasteiger partial charge in [-0.2, -0.15) is 5.26 Å². The number of carbonyl (C=O) groups excluding carboxylic acids is 1. The number of fused-ring (bicyclic) bond motifs is 1. The van der Waals surface area contributed by atoms with Crippen LogP contribution in [0.15, 0.2) is 72.1 Å². The third-order valence-corrected chi connectivity index (χ3v) is 6.61.